The number of hydrogen-bond acceptors (Lipinski definition) is 3. The van der Waals surface area contributed by atoms with E-state index in [0.29, 0.717) is 28.1 Å². The van der Waals surface area contributed by atoms with E-state index in [-0.39, 0.29) is 27.7 Å². The summed E-state index contributed by atoms with van der Waals surface area (Å²) in [7, 11) is -0.0455. The third kappa shape index (κ3) is 2.42. The molecule has 4 heteroatoms. The van der Waals surface area contributed by atoms with Crippen molar-refractivity contribution in [3.05, 3.63) is 11.4 Å². The molecule has 1 heterocycles. The van der Waals surface area contributed by atoms with Gasteiger partial charge in [-0.2, -0.15) is 0 Å². The maximum Gasteiger partial charge on any atom is 0.327 e. The Morgan fingerprint density at radius 1 is 1.28 bits per heavy atom. The average molecular weight is 366 g/mol. The van der Waals surface area contributed by atoms with Gasteiger partial charge in [0, 0.05) is 29.7 Å². The molecule has 6 atom stereocenters. The fraction of sp³-hybridized carbons (Fsp3) is 0.857. The molecule has 140 valence electrons. The summed E-state index contributed by atoms with van der Waals surface area (Å²) < 4.78 is 5.71. The first-order chi connectivity index (χ1) is 11.6. The Balaban J connectivity index is 1.71. The molecule has 4 bridgehead atoms. The fourth-order valence-corrected chi connectivity index (χ4v) is 10.2. The fourth-order valence-electron chi connectivity index (χ4n) is 6.56. The van der Waals surface area contributed by atoms with Crippen molar-refractivity contribution in [3.63, 3.8) is 0 Å². The lowest BCUT2D eigenvalue weighted by molar-refractivity contribution is -0.130. The Labute approximate surface area is 154 Å². The Bertz CT molecular complexity index is 617. The summed E-state index contributed by atoms with van der Waals surface area (Å²) in [6.45, 7) is 10.6. The molecular weight excluding hydrogens is 332 g/mol. The van der Waals surface area contributed by atoms with Gasteiger partial charge in [0.05, 0.1) is 5.41 Å². The molecule has 0 radical (unpaired) electrons. The van der Waals surface area contributed by atoms with E-state index in [0.717, 1.165) is 12.8 Å². The van der Waals surface area contributed by atoms with Crippen molar-refractivity contribution in [1.82, 2.24) is 0 Å². The van der Waals surface area contributed by atoms with Crippen LogP contribution in [0.2, 0.25) is 0 Å². The SMILES string of the molecule is CC(C)(C)O/C(O)=C/[S+]1C([C@@]23CC[C@@H](CC2=O)C3(C)C)[C@H]2CC[C@@H]1C2. The topological polar surface area (TPSA) is 46.5 Å². The maximum absolute atomic E-state index is 13.2. The lowest BCUT2D eigenvalue weighted by Crippen LogP contribution is -2.52. The molecule has 4 rings (SSSR count). The van der Waals surface area contributed by atoms with Gasteiger partial charge < -0.3 is 9.84 Å². The molecule has 1 saturated heterocycles. The predicted molar refractivity (Wildman–Crippen MR) is 102 cm³/mol. The molecule has 0 aromatic rings. The van der Waals surface area contributed by atoms with Crippen LogP contribution in [0.25, 0.3) is 0 Å². The minimum atomic E-state index is -0.392. The summed E-state index contributed by atoms with van der Waals surface area (Å²) in [5.74, 6) is 1.82. The molecule has 3 aliphatic carbocycles. The van der Waals surface area contributed by atoms with Crippen LogP contribution in [-0.4, -0.2) is 27.0 Å². The molecule has 0 aromatic carbocycles. The summed E-state index contributed by atoms with van der Waals surface area (Å²) >= 11 is 0. The smallest absolute Gasteiger partial charge is 0.327 e. The largest absolute Gasteiger partial charge is 0.478 e. The predicted octanol–water partition coefficient (Wildman–Crippen LogP) is 4.72. The standard InChI is InChI=1S/C21H32O3S/c1-19(2,3)24-17(23)12-25-15-7-6-13(10-15)18(25)21-9-8-14(11-16(21)22)20(21,4)5/h12-15,18H,6-11H2,1-5H3/p+1/b17-12+/t13-,14-,15+,18?,21+,25?/m0/s1. The molecule has 0 spiro atoms. The van der Waals surface area contributed by atoms with E-state index < -0.39 is 5.60 Å². The molecule has 25 heavy (non-hydrogen) atoms. The van der Waals surface area contributed by atoms with E-state index >= 15 is 0 Å². The van der Waals surface area contributed by atoms with Crippen molar-refractivity contribution in [1.29, 1.82) is 0 Å². The van der Waals surface area contributed by atoms with E-state index in [4.69, 9.17) is 4.74 Å². The van der Waals surface area contributed by atoms with Crippen LogP contribution in [-0.2, 0) is 20.4 Å². The van der Waals surface area contributed by atoms with Crippen LogP contribution in [0.15, 0.2) is 11.4 Å². The van der Waals surface area contributed by atoms with Crippen LogP contribution in [0.4, 0.5) is 0 Å². The number of hydrogen-bond donors (Lipinski definition) is 1. The Morgan fingerprint density at radius 2 is 2.00 bits per heavy atom. The number of carbonyl (C=O) groups excluding carboxylic acids is 1. The van der Waals surface area contributed by atoms with E-state index in [9.17, 15) is 9.90 Å². The summed E-state index contributed by atoms with van der Waals surface area (Å²) in [5, 5.41) is 13.5. The minimum Gasteiger partial charge on any atom is -0.478 e. The van der Waals surface area contributed by atoms with E-state index in [1.54, 1.807) is 0 Å². The highest BCUT2D eigenvalue weighted by molar-refractivity contribution is 8.01. The highest BCUT2D eigenvalue weighted by Gasteiger charge is 2.75. The van der Waals surface area contributed by atoms with Crippen LogP contribution < -0.4 is 0 Å². The zero-order valence-electron chi connectivity index (χ0n) is 16.3. The van der Waals surface area contributed by atoms with Gasteiger partial charge in [0.25, 0.3) is 0 Å². The van der Waals surface area contributed by atoms with Gasteiger partial charge in [-0.15, -0.1) is 0 Å². The molecule has 0 aromatic heterocycles. The van der Waals surface area contributed by atoms with Crippen molar-refractivity contribution in [2.24, 2.45) is 22.7 Å². The zero-order valence-corrected chi connectivity index (χ0v) is 17.1. The van der Waals surface area contributed by atoms with Crippen molar-refractivity contribution < 1.29 is 14.6 Å². The van der Waals surface area contributed by atoms with Gasteiger partial charge in [0.15, 0.2) is 5.41 Å². The molecule has 0 amide bonds. The van der Waals surface area contributed by atoms with Gasteiger partial charge in [-0.3, -0.25) is 4.79 Å². The molecule has 1 aliphatic heterocycles. The van der Waals surface area contributed by atoms with Crippen LogP contribution in [0.3, 0.4) is 0 Å². The average Bonchev–Trinajstić information content (AvgIpc) is 3.15. The molecule has 1 N–H and O–H groups in total. The molecular formula is C21H33O3S+. The second-order valence-corrected chi connectivity index (χ2v) is 12.5. The summed E-state index contributed by atoms with van der Waals surface area (Å²) in [6.07, 6.45) is 6.81. The van der Waals surface area contributed by atoms with Crippen molar-refractivity contribution in [2.45, 2.75) is 89.2 Å². The number of aliphatic hydroxyl groups excluding tert-OH is 1. The lowest BCUT2D eigenvalue weighted by Gasteiger charge is -2.42. The Kier molecular flexibility index (Phi) is 3.86. The second kappa shape index (κ2) is 5.43. The van der Waals surface area contributed by atoms with Gasteiger partial charge in [0.1, 0.15) is 21.9 Å². The normalized spacial score (nSPS) is 45.4. The summed E-state index contributed by atoms with van der Waals surface area (Å²) in [4.78, 5) is 13.2. The van der Waals surface area contributed by atoms with Crippen LogP contribution in [0.1, 0.15) is 73.1 Å². The molecule has 3 nitrogen and oxygen atoms in total. The van der Waals surface area contributed by atoms with Gasteiger partial charge in [-0.1, -0.05) is 13.8 Å². The summed E-state index contributed by atoms with van der Waals surface area (Å²) in [5.41, 5.74) is -0.435. The first-order valence-corrected chi connectivity index (χ1v) is 11.3. The number of ether oxygens (including phenoxy) is 1. The Hall–Kier alpha value is -0.640. The number of aliphatic hydroxyl groups is 1. The molecule has 2 unspecified atom stereocenters. The minimum absolute atomic E-state index is 0.0455. The number of rotatable bonds is 3. The molecule has 4 fully saturated rings. The molecule has 3 saturated carbocycles. The van der Waals surface area contributed by atoms with Crippen molar-refractivity contribution in [3.8, 4) is 0 Å². The first kappa shape index (κ1) is 17.8. The van der Waals surface area contributed by atoms with Gasteiger partial charge in [0.2, 0.25) is 0 Å². The first-order valence-electron chi connectivity index (χ1n) is 9.90. The number of ketones is 1. The third-order valence-corrected chi connectivity index (χ3v) is 10.7. The van der Waals surface area contributed by atoms with Gasteiger partial charge in [-0.25, -0.2) is 0 Å². The van der Waals surface area contributed by atoms with Crippen LogP contribution >= 0.6 is 0 Å². The van der Waals surface area contributed by atoms with Crippen molar-refractivity contribution in [2.75, 3.05) is 0 Å². The molecule has 4 aliphatic rings. The van der Waals surface area contributed by atoms with Crippen LogP contribution in [0, 0.1) is 22.7 Å². The lowest BCUT2D eigenvalue weighted by atomic mass is 9.64. The highest BCUT2D eigenvalue weighted by Crippen LogP contribution is 2.70. The van der Waals surface area contributed by atoms with Gasteiger partial charge >= 0.3 is 5.95 Å². The van der Waals surface area contributed by atoms with E-state index in [2.05, 4.69) is 13.8 Å². The summed E-state index contributed by atoms with van der Waals surface area (Å²) in [6, 6.07) is 0. The second-order valence-electron chi connectivity index (χ2n) is 10.3. The van der Waals surface area contributed by atoms with Gasteiger partial charge in [-0.05, 0) is 57.8 Å². The number of carbonyl (C=O) groups is 1. The van der Waals surface area contributed by atoms with E-state index in [1.807, 2.05) is 26.2 Å². The highest BCUT2D eigenvalue weighted by atomic mass is 32.2. The quantitative estimate of drug-likeness (QED) is 0.581. The number of Topliss-reactive ketones (excluding diaryl/α,β-unsaturated/α-hetero) is 1. The maximum atomic E-state index is 13.2. The van der Waals surface area contributed by atoms with Crippen molar-refractivity contribution >= 4 is 16.7 Å². The van der Waals surface area contributed by atoms with E-state index in [1.165, 1.54) is 25.7 Å². The van der Waals surface area contributed by atoms with Crippen LogP contribution in [0.5, 0.6) is 0 Å². The zero-order chi connectivity index (χ0) is 18.2. The number of fused-ring (bicyclic) bond motifs is 4. The monoisotopic (exact) mass is 365 g/mol. The Morgan fingerprint density at radius 3 is 2.56 bits per heavy atom. The third-order valence-electron chi connectivity index (χ3n) is 7.65.